The van der Waals surface area contributed by atoms with E-state index >= 15 is 0 Å². The highest BCUT2D eigenvalue weighted by Crippen LogP contribution is 2.46. The topological polar surface area (TPSA) is 46.5 Å². The van der Waals surface area contributed by atoms with Gasteiger partial charge in [0, 0.05) is 5.92 Å². The maximum Gasteiger partial charge on any atom is 0.305 e. The molecule has 0 saturated heterocycles. The Kier molecular flexibility index (Phi) is 3.57. The zero-order valence-electron chi connectivity index (χ0n) is 10.7. The quantitative estimate of drug-likeness (QED) is 0.593. The second-order valence-corrected chi connectivity index (χ2v) is 5.52. The predicted molar refractivity (Wildman–Crippen MR) is 65.4 cm³/mol. The molecule has 2 rings (SSSR count). The molecular formula is C14H22O3. The average molecular weight is 238 g/mol. The largest absolute Gasteiger partial charge is 0.469 e. The number of methoxy groups -OCH3 is 1. The molecule has 1 saturated carbocycles. The number of hydrogen-bond donors (Lipinski definition) is 1. The number of rotatable bonds is 2. The lowest BCUT2D eigenvalue weighted by atomic mass is 9.63. The lowest BCUT2D eigenvalue weighted by Crippen LogP contribution is -2.48. The summed E-state index contributed by atoms with van der Waals surface area (Å²) in [6.45, 7) is 2.07. The lowest BCUT2D eigenvalue weighted by Gasteiger charge is -2.46. The van der Waals surface area contributed by atoms with Gasteiger partial charge in [-0.2, -0.15) is 0 Å². The van der Waals surface area contributed by atoms with Crippen LogP contribution in [0.1, 0.15) is 45.4 Å². The molecule has 0 radical (unpaired) electrons. The van der Waals surface area contributed by atoms with E-state index in [0.717, 1.165) is 32.1 Å². The highest BCUT2D eigenvalue weighted by atomic mass is 16.5. The molecule has 0 bridgehead atoms. The maximum absolute atomic E-state index is 11.4. The molecule has 96 valence electrons. The van der Waals surface area contributed by atoms with Crippen molar-refractivity contribution in [3.63, 3.8) is 0 Å². The molecule has 17 heavy (non-hydrogen) atoms. The van der Waals surface area contributed by atoms with Gasteiger partial charge in [0.15, 0.2) is 0 Å². The number of allylic oxidation sites excluding steroid dienone is 1. The van der Waals surface area contributed by atoms with Gasteiger partial charge in [-0.05, 0) is 38.5 Å². The molecular weight excluding hydrogens is 216 g/mol. The smallest absolute Gasteiger partial charge is 0.305 e. The first-order valence-corrected chi connectivity index (χ1v) is 6.53. The van der Waals surface area contributed by atoms with Crippen LogP contribution in [0.3, 0.4) is 0 Å². The molecule has 0 unspecified atom stereocenters. The van der Waals surface area contributed by atoms with Crippen LogP contribution in [0.2, 0.25) is 0 Å². The summed E-state index contributed by atoms with van der Waals surface area (Å²) in [5.41, 5.74) is 0.481. The number of carbonyl (C=O) groups is 1. The van der Waals surface area contributed by atoms with E-state index in [1.165, 1.54) is 12.7 Å². The summed E-state index contributed by atoms with van der Waals surface area (Å²) >= 11 is 0. The highest BCUT2D eigenvalue weighted by molar-refractivity contribution is 5.69. The summed E-state index contributed by atoms with van der Waals surface area (Å²) in [6.07, 6.45) is 7.60. The maximum atomic E-state index is 11.4. The van der Waals surface area contributed by atoms with Crippen LogP contribution in [0.4, 0.5) is 0 Å². The van der Waals surface area contributed by atoms with Crippen LogP contribution in [0, 0.1) is 11.8 Å². The highest BCUT2D eigenvalue weighted by Gasteiger charge is 2.46. The van der Waals surface area contributed by atoms with Gasteiger partial charge in [-0.3, -0.25) is 4.79 Å². The second kappa shape index (κ2) is 4.81. The van der Waals surface area contributed by atoms with Gasteiger partial charge in [-0.25, -0.2) is 0 Å². The molecule has 0 heterocycles. The molecule has 2 aliphatic rings. The Balaban J connectivity index is 2.19. The third kappa shape index (κ3) is 2.39. The normalized spacial score (nSPS) is 37.0. The first-order chi connectivity index (χ1) is 8.06. The summed E-state index contributed by atoms with van der Waals surface area (Å²) in [5.74, 6) is 0.152. The zero-order chi connectivity index (χ0) is 12.5. The van der Waals surface area contributed by atoms with E-state index in [-0.39, 0.29) is 11.9 Å². The molecule has 2 aliphatic carbocycles. The van der Waals surface area contributed by atoms with Crippen LogP contribution in [0.25, 0.3) is 0 Å². The fraction of sp³-hybridized carbons (Fsp3) is 0.786. The van der Waals surface area contributed by atoms with Gasteiger partial charge in [0.05, 0.1) is 19.1 Å². The minimum atomic E-state index is -0.769. The van der Waals surface area contributed by atoms with Gasteiger partial charge >= 0.3 is 5.97 Å². The van der Waals surface area contributed by atoms with Crippen LogP contribution in [-0.2, 0) is 9.53 Å². The van der Waals surface area contributed by atoms with Gasteiger partial charge in [-0.15, -0.1) is 0 Å². The predicted octanol–water partition coefficient (Wildman–Crippen LogP) is 2.44. The van der Waals surface area contributed by atoms with E-state index in [9.17, 15) is 9.90 Å². The molecule has 0 aromatic rings. The molecule has 1 N–H and O–H groups in total. The number of aliphatic hydroxyl groups is 1. The Morgan fingerprint density at radius 2 is 2.29 bits per heavy atom. The third-order valence-electron chi connectivity index (χ3n) is 4.42. The van der Waals surface area contributed by atoms with Gasteiger partial charge < -0.3 is 9.84 Å². The number of esters is 1. The molecule has 3 atom stereocenters. The van der Waals surface area contributed by atoms with Crippen molar-refractivity contribution in [1.29, 1.82) is 0 Å². The van der Waals surface area contributed by atoms with E-state index in [1.54, 1.807) is 0 Å². The molecule has 0 amide bonds. The van der Waals surface area contributed by atoms with Crippen molar-refractivity contribution in [1.82, 2.24) is 0 Å². The van der Waals surface area contributed by atoms with Crippen molar-refractivity contribution in [2.45, 2.75) is 51.0 Å². The fourth-order valence-electron chi connectivity index (χ4n) is 3.44. The summed E-state index contributed by atoms with van der Waals surface area (Å²) in [4.78, 5) is 11.4. The number of hydrogen-bond acceptors (Lipinski definition) is 3. The van der Waals surface area contributed by atoms with Crippen LogP contribution < -0.4 is 0 Å². The Hall–Kier alpha value is -0.830. The Morgan fingerprint density at radius 3 is 3.00 bits per heavy atom. The summed E-state index contributed by atoms with van der Waals surface area (Å²) in [5, 5.41) is 10.9. The van der Waals surface area contributed by atoms with Gasteiger partial charge in [0.25, 0.3) is 0 Å². The zero-order valence-corrected chi connectivity index (χ0v) is 10.7. The minimum absolute atomic E-state index is 0.0314. The number of carbonyl (C=O) groups excluding carboxylic acids is 1. The minimum Gasteiger partial charge on any atom is -0.469 e. The van der Waals surface area contributed by atoms with E-state index in [4.69, 9.17) is 4.74 Å². The van der Waals surface area contributed by atoms with Crippen LogP contribution >= 0.6 is 0 Å². The number of ether oxygens (including phenoxy) is 1. The lowest BCUT2D eigenvalue weighted by molar-refractivity contribution is -0.146. The molecule has 3 nitrogen and oxygen atoms in total. The molecule has 0 aliphatic heterocycles. The fourth-order valence-corrected chi connectivity index (χ4v) is 3.44. The standard InChI is InChI=1S/C14H22O3/c1-10-6-7-11-4-3-5-12(8-13(15)17-2)14(11,16)9-10/h9,11-12,16H,3-8H2,1-2H3/t11-,12+,14-/m1/s1. The van der Waals surface area contributed by atoms with Crippen LogP contribution in [0.15, 0.2) is 11.6 Å². The first-order valence-electron chi connectivity index (χ1n) is 6.53. The SMILES string of the molecule is COC(=O)C[C@@H]1CCC[C@@H]2CCC(C)=C[C@@]21O. The number of fused-ring (bicyclic) bond motifs is 1. The summed E-state index contributed by atoms with van der Waals surface area (Å²) in [7, 11) is 1.41. The molecule has 0 aromatic carbocycles. The third-order valence-corrected chi connectivity index (χ3v) is 4.42. The monoisotopic (exact) mass is 238 g/mol. The van der Waals surface area contributed by atoms with Crippen LogP contribution in [0.5, 0.6) is 0 Å². The summed E-state index contributed by atoms with van der Waals surface area (Å²) in [6, 6.07) is 0. The molecule has 0 spiro atoms. The Bertz CT molecular complexity index is 334. The van der Waals surface area contributed by atoms with E-state index in [1.807, 2.05) is 6.08 Å². The van der Waals surface area contributed by atoms with Crippen molar-refractivity contribution >= 4 is 5.97 Å². The van der Waals surface area contributed by atoms with Crippen molar-refractivity contribution < 1.29 is 14.6 Å². The van der Waals surface area contributed by atoms with Gasteiger partial charge in [-0.1, -0.05) is 18.1 Å². The molecule has 1 fully saturated rings. The second-order valence-electron chi connectivity index (χ2n) is 5.52. The van der Waals surface area contributed by atoms with E-state index < -0.39 is 5.60 Å². The summed E-state index contributed by atoms with van der Waals surface area (Å²) < 4.78 is 4.73. The average Bonchev–Trinajstić information content (AvgIpc) is 2.29. The first kappa shape index (κ1) is 12.6. The van der Waals surface area contributed by atoms with Crippen LogP contribution in [-0.4, -0.2) is 23.8 Å². The molecule has 3 heteroatoms. The Labute approximate surface area is 103 Å². The van der Waals surface area contributed by atoms with Crippen molar-refractivity contribution in [3.05, 3.63) is 11.6 Å². The van der Waals surface area contributed by atoms with E-state index in [2.05, 4.69) is 6.92 Å². The van der Waals surface area contributed by atoms with Gasteiger partial charge in [0.1, 0.15) is 0 Å². The van der Waals surface area contributed by atoms with E-state index in [0.29, 0.717) is 12.3 Å². The van der Waals surface area contributed by atoms with Gasteiger partial charge in [0.2, 0.25) is 0 Å². The Morgan fingerprint density at radius 1 is 1.53 bits per heavy atom. The van der Waals surface area contributed by atoms with Crippen molar-refractivity contribution in [2.75, 3.05) is 7.11 Å². The van der Waals surface area contributed by atoms with Crippen molar-refractivity contribution in [3.8, 4) is 0 Å². The van der Waals surface area contributed by atoms with Crippen molar-refractivity contribution in [2.24, 2.45) is 11.8 Å². The molecule has 0 aromatic heterocycles.